The van der Waals surface area contributed by atoms with Crippen molar-refractivity contribution in [1.29, 1.82) is 0 Å². The lowest BCUT2D eigenvalue weighted by Crippen LogP contribution is -2.02. The van der Waals surface area contributed by atoms with Crippen molar-refractivity contribution in [1.82, 2.24) is 15.2 Å². The average Bonchev–Trinajstić information content (AvgIpc) is 2.81. The molecule has 0 amide bonds. The second-order valence-corrected chi connectivity index (χ2v) is 4.83. The standard InChI is InChI=1S/C16H15N3O/c1-10-5-3-4-6-13(10)16-15(11(2)18-19-16)12-7-8-17-14(20)9-12/h3-9H,1-2H3,(H,17,20)(H,18,19). The molecule has 0 bridgehead atoms. The van der Waals surface area contributed by atoms with Gasteiger partial charge in [-0.25, -0.2) is 0 Å². The molecule has 20 heavy (non-hydrogen) atoms. The Morgan fingerprint density at radius 1 is 1.10 bits per heavy atom. The van der Waals surface area contributed by atoms with Crippen molar-refractivity contribution < 1.29 is 0 Å². The molecule has 0 fully saturated rings. The Bertz CT molecular complexity index is 814. The van der Waals surface area contributed by atoms with Gasteiger partial charge in [0.15, 0.2) is 0 Å². The second-order valence-electron chi connectivity index (χ2n) is 4.83. The lowest BCUT2D eigenvalue weighted by molar-refractivity contribution is 1.05. The molecule has 0 saturated carbocycles. The third kappa shape index (κ3) is 2.05. The van der Waals surface area contributed by atoms with Crippen molar-refractivity contribution in [3.8, 4) is 22.4 Å². The quantitative estimate of drug-likeness (QED) is 0.748. The van der Waals surface area contributed by atoms with E-state index in [0.29, 0.717) is 0 Å². The highest BCUT2D eigenvalue weighted by atomic mass is 16.1. The highest BCUT2D eigenvalue weighted by Gasteiger charge is 2.15. The van der Waals surface area contributed by atoms with Crippen LogP contribution in [0.2, 0.25) is 0 Å². The Morgan fingerprint density at radius 3 is 2.65 bits per heavy atom. The normalized spacial score (nSPS) is 10.7. The minimum Gasteiger partial charge on any atom is -0.329 e. The topological polar surface area (TPSA) is 61.5 Å². The van der Waals surface area contributed by atoms with E-state index >= 15 is 0 Å². The molecule has 0 unspecified atom stereocenters. The van der Waals surface area contributed by atoms with Gasteiger partial charge in [-0.1, -0.05) is 24.3 Å². The predicted molar refractivity (Wildman–Crippen MR) is 79.6 cm³/mol. The number of hydrogen-bond acceptors (Lipinski definition) is 2. The van der Waals surface area contributed by atoms with Crippen molar-refractivity contribution >= 4 is 0 Å². The summed E-state index contributed by atoms with van der Waals surface area (Å²) in [5.74, 6) is 0. The number of H-pyrrole nitrogens is 2. The first-order chi connectivity index (χ1) is 9.66. The van der Waals surface area contributed by atoms with E-state index in [4.69, 9.17) is 0 Å². The van der Waals surface area contributed by atoms with Gasteiger partial charge in [0.25, 0.3) is 0 Å². The van der Waals surface area contributed by atoms with Crippen molar-refractivity contribution in [2.45, 2.75) is 13.8 Å². The van der Waals surface area contributed by atoms with Crippen LogP contribution in [0.15, 0.2) is 47.4 Å². The highest BCUT2D eigenvalue weighted by Crippen LogP contribution is 2.33. The van der Waals surface area contributed by atoms with Crippen LogP contribution in [0.25, 0.3) is 22.4 Å². The number of nitrogens with one attached hydrogen (secondary N) is 2. The first-order valence-corrected chi connectivity index (χ1v) is 6.47. The van der Waals surface area contributed by atoms with Gasteiger partial charge < -0.3 is 4.98 Å². The summed E-state index contributed by atoms with van der Waals surface area (Å²) in [6.07, 6.45) is 1.66. The highest BCUT2D eigenvalue weighted by molar-refractivity contribution is 5.83. The van der Waals surface area contributed by atoms with Gasteiger partial charge in [-0.05, 0) is 31.0 Å². The summed E-state index contributed by atoms with van der Waals surface area (Å²) in [6, 6.07) is 11.6. The zero-order valence-corrected chi connectivity index (χ0v) is 11.4. The monoisotopic (exact) mass is 265 g/mol. The molecule has 0 aliphatic heterocycles. The summed E-state index contributed by atoms with van der Waals surface area (Å²) in [7, 11) is 0. The van der Waals surface area contributed by atoms with E-state index in [1.165, 1.54) is 0 Å². The van der Waals surface area contributed by atoms with Gasteiger partial charge in [0.2, 0.25) is 5.56 Å². The van der Waals surface area contributed by atoms with Crippen molar-refractivity contribution in [3.05, 3.63) is 64.2 Å². The van der Waals surface area contributed by atoms with E-state index in [0.717, 1.165) is 33.6 Å². The predicted octanol–water partition coefficient (Wildman–Crippen LogP) is 3.05. The minimum absolute atomic E-state index is 0.112. The fourth-order valence-electron chi connectivity index (χ4n) is 2.42. The minimum atomic E-state index is -0.112. The summed E-state index contributed by atoms with van der Waals surface area (Å²) >= 11 is 0. The molecule has 0 spiro atoms. The summed E-state index contributed by atoms with van der Waals surface area (Å²) in [4.78, 5) is 14.2. The van der Waals surface area contributed by atoms with E-state index in [9.17, 15) is 4.79 Å². The van der Waals surface area contributed by atoms with Gasteiger partial charge in [0.1, 0.15) is 5.69 Å². The van der Waals surface area contributed by atoms with Crippen LogP contribution >= 0.6 is 0 Å². The van der Waals surface area contributed by atoms with Crippen LogP contribution in [0.1, 0.15) is 11.3 Å². The van der Waals surface area contributed by atoms with Crippen molar-refractivity contribution in [2.24, 2.45) is 0 Å². The molecular formula is C16H15N3O. The SMILES string of the molecule is Cc1ccccc1-c1n[nH]c(C)c1-c1cc[nH]c(=O)c1. The molecule has 0 atom stereocenters. The first-order valence-electron chi connectivity index (χ1n) is 6.47. The number of aryl methyl sites for hydroxylation is 2. The second kappa shape index (κ2) is 4.81. The average molecular weight is 265 g/mol. The summed E-state index contributed by atoms with van der Waals surface area (Å²) in [5.41, 5.74) is 5.81. The van der Waals surface area contributed by atoms with Crippen LogP contribution in [0, 0.1) is 13.8 Å². The Labute approximate surface area is 116 Å². The number of aromatic amines is 2. The number of pyridine rings is 1. The number of hydrogen-bond donors (Lipinski definition) is 2. The Balaban J connectivity index is 2.26. The molecule has 2 aromatic heterocycles. The van der Waals surface area contributed by atoms with Crippen molar-refractivity contribution in [3.63, 3.8) is 0 Å². The molecule has 0 aliphatic carbocycles. The van der Waals surface area contributed by atoms with Gasteiger partial charge in [0, 0.05) is 29.1 Å². The van der Waals surface area contributed by atoms with E-state index in [1.54, 1.807) is 12.3 Å². The number of benzene rings is 1. The maximum absolute atomic E-state index is 11.5. The smallest absolute Gasteiger partial charge is 0.248 e. The van der Waals surface area contributed by atoms with Crippen LogP contribution < -0.4 is 5.56 Å². The van der Waals surface area contributed by atoms with E-state index in [-0.39, 0.29) is 5.56 Å². The summed E-state index contributed by atoms with van der Waals surface area (Å²) < 4.78 is 0. The fraction of sp³-hybridized carbons (Fsp3) is 0.125. The molecule has 3 aromatic rings. The lowest BCUT2D eigenvalue weighted by atomic mass is 9.97. The maximum atomic E-state index is 11.5. The number of aromatic nitrogens is 3. The molecular weight excluding hydrogens is 250 g/mol. The number of rotatable bonds is 2. The molecule has 4 nitrogen and oxygen atoms in total. The molecule has 2 N–H and O–H groups in total. The van der Waals surface area contributed by atoms with Gasteiger partial charge in [-0.15, -0.1) is 0 Å². The first kappa shape index (κ1) is 12.4. The third-order valence-electron chi connectivity index (χ3n) is 3.41. The summed E-state index contributed by atoms with van der Waals surface area (Å²) in [5, 5.41) is 7.43. The van der Waals surface area contributed by atoms with E-state index < -0.39 is 0 Å². The van der Waals surface area contributed by atoms with E-state index in [1.807, 2.05) is 31.2 Å². The number of nitrogens with zero attached hydrogens (tertiary/aromatic N) is 1. The molecule has 0 aliphatic rings. The summed E-state index contributed by atoms with van der Waals surface area (Å²) in [6.45, 7) is 4.02. The van der Waals surface area contributed by atoms with Gasteiger partial charge in [-0.2, -0.15) is 5.10 Å². The Kier molecular flexibility index (Phi) is 2.99. The van der Waals surface area contributed by atoms with Crippen LogP contribution in [0.4, 0.5) is 0 Å². The molecule has 100 valence electrons. The lowest BCUT2D eigenvalue weighted by Gasteiger charge is -2.06. The third-order valence-corrected chi connectivity index (χ3v) is 3.41. The van der Waals surface area contributed by atoms with Gasteiger partial charge in [0.05, 0.1) is 0 Å². The van der Waals surface area contributed by atoms with Crippen LogP contribution in [-0.4, -0.2) is 15.2 Å². The van der Waals surface area contributed by atoms with E-state index in [2.05, 4.69) is 28.2 Å². The molecule has 1 aromatic carbocycles. The van der Waals surface area contributed by atoms with Gasteiger partial charge >= 0.3 is 0 Å². The van der Waals surface area contributed by atoms with Crippen molar-refractivity contribution in [2.75, 3.05) is 0 Å². The molecule has 0 saturated heterocycles. The molecule has 3 rings (SSSR count). The Morgan fingerprint density at radius 2 is 1.90 bits per heavy atom. The zero-order chi connectivity index (χ0) is 14.1. The Hall–Kier alpha value is -2.62. The molecule has 4 heteroatoms. The molecule has 0 radical (unpaired) electrons. The maximum Gasteiger partial charge on any atom is 0.248 e. The van der Waals surface area contributed by atoms with Gasteiger partial charge in [-0.3, -0.25) is 9.89 Å². The molecule has 2 heterocycles. The van der Waals surface area contributed by atoms with Crippen LogP contribution in [0.3, 0.4) is 0 Å². The largest absolute Gasteiger partial charge is 0.329 e. The van der Waals surface area contributed by atoms with Crippen LogP contribution in [-0.2, 0) is 0 Å². The van der Waals surface area contributed by atoms with Crippen LogP contribution in [0.5, 0.6) is 0 Å². The fourth-order valence-corrected chi connectivity index (χ4v) is 2.42. The zero-order valence-electron chi connectivity index (χ0n) is 11.4.